The van der Waals surface area contributed by atoms with Crippen molar-refractivity contribution in [1.82, 2.24) is 50.7 Å². The van der Waals surface area contributed by atoms with Gasteiger partial charge < -0.3 is 61.1 Å². The van der Waals surface area contributed by atoms with Crippen LogP contribution in [-0.2, 0) is 89.0 Å². The van der Waals surface area contributed by atoms with Crippen molar-refractivity contribution < 1.29 is 72.0 Å². The number of likely N-dealkylation sites (N-methyl/N-ethyl adjacent to an activating group) is 1. The second-order valence-electron chi connectivity index (χ2n) is 19.6. The molecule has 4 aliphatic rings. The number of hydrogen-bond donors (Lipinski definition) is 8. The zero-order valence-corrected chi connectivity index (χ0v) is 44.6. The number of hydrogen-bond acceptors (Lipinski definition) is 17. The zero-order valence-electron chi connectivity index (χ0n) is 43.8. The molecule has 0 saturated heterocycles. The van der Waals surface area contributed by atoms with Crippen LogP contribution < -0.4 is 37.5 Å². The van der Waals surface area contributed by atoms with Crippen molar-refractivity contribution in [3.63, 3.8) is 0 Å². The summed E-state index contributed by atoms with van der Waals surface area (Å²) < 4.78 is 26.8. The summed E-state index contributed by atoms with van der Waals surface area (Å²) in [6, 6.07) is 9.60. The summed E-state index contributed by atoms with van der Waals surface area (Å²) in [6.07, 6.45) is 2.67. The highest BCUT2D eigenvalue weighted by atomic mass is 32.2. The smallest absolute Gasteiger partial charge is 0.343 e. The van der Waals surface area contributed by atoms with E-state index in [1.165, 1.54) is 22.5 Å². The van der Waals surface area contributed by atoms with Crippen LogP contribution in [0.2, 0.25) is 0 Å². The van der Waals surface area contributed by atoms with Crippen LogP contribution in [0, 0.1) is 12.7 Å². The fourth-order valence-corrected chi connectivity index (χ4v) is 11.0. The molecule has 0 saturated carbocycles. The number of amides is 8. The molecule has 4 aromatic rings. The fourth-order valence-electron chi connectivity index (χ4n) is 9.95. The van der Waals surface area contributed by atoms with E-state index in [9.17, 15) is 57.8 Å². The van der Waals surface area contributed by atoms with Crippen LogP contribution in [0.25, 0.3) is 22.3 Å². The molecule has 2 aromatic heterocycles. The van der Waals surface area contributed by atoms with Crippen molar-refractivity contribution in [1.29, 1.82) is 0 Å². The molecular formula is C53H57FN10O15S. The second kappa shape index (κ2) is 23.9. The molecular weight excluding hydrogens is 1070 g/mol. The van der Waals surface area contributed by atoms with Crippen LogP contribution in [0.3, 0.4) is 0 Å². The van der Waals surface area contributed by atoms with Crippen molar-refractivity contribution >= 4 is 82.0 Å². The first kappa shape index (κ1) is 57.8. The molecule has 422 valence electrons. The van der Waals surface area contributed by atoms with E-state index in [1.54, 1.807) is 57.3 Å². The van der Waals surface area contributed by atoms with E-state index in [4.69, 9.17) is 19.6 Å². The Hall–Kier alpha value is -8.40. The van der Waals surface area contributed by atoms with Gasteiger partial charge in [0, 0.05) is 54.7 Å². The van der Waals surface area contributed by atoms with Crippen LogP contribution in [0.5, 0.6) is 0 Å². The number of aliphatic hydroxyl groups is 1. The maximum atomic E-state index is 15.5. The number of aliphatic carboxylic acids is 1. The number of nitrogens with zero attached hydrogens (tertiary/aromatic N) is 4. The fraction of sp³-hybridized carbons (Fsp3) is 0.396. The highest BCUT2D eigenvalue weighted by Crippen LogP contribution is 2.47. The Morgan fingerprint density at radius 3 is 2.33 bits per heavy atom. The summed E-state index contributed by atoms with van der Waals surface area (Å²) in [4.78, 5) is 148. The number of pyridine rings is 2. The first-order valence-electron chi connectivity index (χ1n) is 25.3. The minimum atomic E-state index is -2.07. The van der Waals surface area contributed by atoms with E-state index in [0.29, 0.717) is 79.2 Å². The Kier molecular flexibility index (Phi) is 17.3. The van der Waals surface area contributed by atoms with Gasteiger partial charge in [0.25, 0.3) is 17.4 Å². The predicted molar refractivity (Wildman–Crippen MR) is 281 cm³/mol. The summed E-state index contributed by atoms with van der Waals surface area (Å²) >= 11 is 0.527. The molecule has 0 fully saturated rings. The molecule has 80 heavy (non-hydrogen) atoms. The molecule has 0 unspecified atom stereocenters. The first-order chi connectivity index (χ1) is 38.0. The Morgan fingerprint density at radius 2 is 1.62 bits per heavy atom. The minimum Gasteiger partial charge on any atom is -0.480 e. The topological polar surface area (TPSA) is 343 Å². The number of imide groups is 1. The Labute approximate surface area is 459 Å². The summed E-state index contributed by atoms with van der Waals surface area (Å²) in [7, 11) is 1.58. The normalized spacial score (nSPS) is 17.8. The van der Waals surface area contributed by atoms with Crippen LogP contribution >= 0.6 is 11.9 Å². The molecule has 1 aliphatic carbocycles. The number of fused-ring (bicyclic) bond motifs is 5. The van der Waals surface area contributed by atoms with Gasteiger partial charge >= 0.3 is 11.9 Å². The molecule has 0 bridgehead atoms. The van der Waals surface area contributed by atoms with E-state index in [-0.39, 0.29) is 43.7 Å². The summed E-state index contributed by atoms with van der Waals surface area (Å²) in [6.45, 7) is 0.559. The van der Waals surface area contributed by atoms with E-state index >= 15 is 4.39 Å². The third kappa shape index (κ3) is 11.9. The summed E-state index contributed by atoms with van der Waals surface area (Å²) in [5, 5.41) is 35.8. The van der Waals surface area contributed by atoms with Crippen molar-refractivity contribution in [2.75, 3.05) is 53.1 Å². The second-order valence-corrected chi connectivity index (χ2v) is 21.0. The van der Waals surface area contributed by atoms with Crippen molar-refractivity contribution in [2.45, 2.75) is 82.0 Å². The number of esters is 1. The molecule has 2 aromatic carbocycles. The standard InChI is InChI=1S/C53H57FN10O15S/c1-5-53(77)32-16-37-47-30(22-63(37)49(74)31(32)23-79-51(53)76)46-36(12-11-29-27(2)33(54)17-34(61-47)45(29)46)62(4)43(70)24-78-26-59-39(66)18-57-48(73)35(15-28-9-7-6-8-10-28)60-40(67)20-56-38(65)19-58-50(75)52(3,25-55-21-44(71)72)80-64-41(68)13-14-42(64)69/h6-10,13-14,16-17,35-36,55,77H,5,11-12,15,18-26H2,1-4H3,(H,56,65)(H,57,73)(H,58,75)(H,59,66)(H,60,67)(H,71,72)/t35-,36-,52+,53-/m0/s1. The lowest BCUT2D eigenvalue weighted by Gasteiger charge is -2.35. The lowest BCUT2D eigenvalue weighted by molar-refractivity contribution is -0.172. The molecule has 8 N–H and O–H groups in total. The number of aromatic nitrogens is 2. The van der Waals surface area contributed by atoms with Gasteiger partial charge in [-0.3, -0.25) is 47.9 Å². The lowest BCUT2D eigenvalue weighted by Crippen LogP contribution is -2.54. The number of aryl methyl sites for hydroxylation is 1. The van der Waals surface area contributed by atoms with Gasteiger partial charge in [-0.2, -0.15) is 0 Å². The molecule has 0 radical (unpaired) electrons. The number of carboxylic acids is 1. The number of nitrogens with one attached hydrogen (secondary N) is 6. The Bertz CT molecular complexity index is 3340. The average Bonchev–Trinajstić information content (AvgIpc) is 4.11. The molecule has 5 heterocycles. The van der Waals surface area contributed by atoms with E-state index in [2.05, 4.69) is 31.9 Å². The van der Waals surface area contributed by atoms with Crippen LogP contribution in [0.4, 0.5) is 4.39 Å². The molecule has 8 rings (SSSR count). The minimum absolute atomic E-state index is 0.0302. The number of halogens is 1. The van der Waals surface area contributed by atoms with Crippen molar-refractivity contribution in [3.8, 4) is 11.4 Å². The van der Waals surface area contributed by atoms with Gasteiger partial charge in [-0.15, -0.1) is 0 Å². The number of ether oxygens (including phenoxy) is 2. The third-order valence-corrected chi connectivity index (χ3v) is 15.6. The molecule has 4 atom stereocenters. The lowest BCUT2D eigenvalue weighted by atomic mass is 9.81. The van der Waals surface area contributed by atoms with Gasteiger partial charge in [-0.25, -0.2) is 18.5 Å². The van der Waals surface area contributed by atoms with E-state index in [0.717, 1.165) is 12.2 Å². The number of benzene rings is 2. The molecule has 25 nitrogen and oxygen atoms in total. The first-order valence-corrected chi connectivity index (χ1v) is 26.1. The van der Waals surface area contributed by atoms with Gasteiger partial charge in [0.15, 0.2) is 5.60 Å². The van der Waals surface area contributed by atoms with Crippen molar-refractivity contribution in [3.05, 3.63) is 110 Å². The Balaban J connectivity index is 0.846. The highest BCUT2D eigenvalue weighted by Gasteiger charge is 2.46. The SMILES string of the molecule is CC[C@@]1(O)C(=O)OCc2c1cc1n(c2=O)Cc2c-1nc1cc(F)c(C)c3c1c2[C@@H](N(C)C(=O)COCNC(=O)CNC(=O)[C@H](Cc1ccccc1)NC(=O)CNC(=O)CNC(=O)[C@@](C)(CNCC(=O)O)SN1C(=O)C=CC1=O)CC3. The number of carbonyl (C=O) groups excluding carboxylic acids is 9. The number of carbonyl (C=O) groups is 10. The molecule has 0 spiro atoms. The summed E-state index contributed by atoms with van der Waals surface area (Å²) in [5.41, 5.74) is 1.72. The summed E-state index contributed by atoms with van der Waals surface area (Å²) in [5.74, 6) is -8.50. The zero-order chi connectivity index (χ0) is 57.8. The van der Waals surface area contributed by atoms with Crippen LogP contribution in [0.15, 0.2) is 59.4 Å². The van der Waals surface area contributed by atoms with Gasteiger partial charge in [0.1, 0.15) is 36.6 Å². The third-order valence-electron chi connectivity index (χ3n) is 14.3. The largest absolute Gasteiger partial charge is 0.480 e. The van der Waals surface area contributed by atoms with Gasteiger partial charge in [0.05, 0.1) is 61.2 Å². The Morgan fingerprint density at radius 1 is 0.938 bits per heavy atom. The van der Waals surface area contributed by atoms with Crippen molar-refractivity contribution in [2.24, 2.45) is 0 Å². The molecule has 27 heteroatoms. The maximum absolute atomic E-state index is 15.5. The van der Waals surface area contributed by atoms with Gasteiger partial charge in [-0.1, -0.05) is 37.3 Å². The molecule has 3 aliphatic heterocycles. The molecule has 8 amide bonds. The monoisotopic (exact) mass is 1120 g/mol. The number of rotatable bonds is 23. The number of cyclic esters (lactones) is 1. The van der Waals surface area contributed by atoms with E-state index in [1.807, 2.05) is 0 Å². The average molecular weight is 1130 g/mol. The van der Waals surface area contributed by atoms with Crippen LogP contribution in [0.1, 0.15) is 71.7 Å². The van der Waals surface area contributed by atoms with E-state index < -0.39 is 133 Å². The maximum Gasteiger partial charge on any atom is 0.343 e. The van der Waals surface area contributed by atoms with Gasteiger partial charge in [0.2, 0.25) is 35.4 Å². The number of carboxylic acid groups (broad SMARTS) is 1. The van der Waals surface area contributed by atoms with Gasteiger partial charge in [-0.05, 0) is 73.4 Å². The predicted octanol–water partition coefficient (Wildman–Crippen LogP) is -0.855. The highest BCUT2D eigenvalue weighted by molar-refractivity contribution is 8.00. The van der Waals surface area contributed by atoms with Crippen LogP contribution in [-0.4, -0.2) is 152 Å². The quantitative estimate of drug-likeness (QED) is 0.0130.